The van der Waals surface area contributed by atoms with E-state index in [-0.39, 0.29) is 41.7 Å². The number of nitro groups is 1. The summed E-state index contributed by atoms with van der Waals surface area (Å²) in [6, 6.07) is 13.5. The Morgan fingerprint density at radius 3 is 2.65 bits per heavy atom. The molecule has 0 N–H and O–H groups in total. The molecule has 0 bridgehead atoms. The van der Waals surface area contributed by atoms with Crippen molar-refractivity contribution in [1.29, 1.82) is 0 Å². The number of ether oxygens (including phenoxy) is 1. The summed E-state index contributed by atoms with van der Waals surface area (Å²) in [6.07, 6.45) is 0.118. The largest absolute Gasteiger partial charge is 0.458 e. The molecule has 23 heavy (non-hydrogen) atoms. The second kappa shape index (κ2) is 5.16. The molecule has 0 radical (unpaired) electrons. The molecule has 2 aromatic rings. The van der Waals surface area contributed by atoms with Crippen molar-refractivity contribution in [2.75, 3.05) is 6.61 Å². The third-order valence-electron chi connectivity index (χ3n) is 5.19. The Morgan fingerprint density at radius 1 is 1.22 bits per heavy atom. The zero-order chi connectivity index (χ0) is 16.0. The normalized spacial score (nSPS) is 32.5. The maximum atomic E-state index is 12.0. The van der Waals surface area contributed by atoms with Crippen LogP contribution in [0.2, 0.25) is 0 Å². The summed E-state index contributed by atoms with van der Waals surface area (Å²) in [4.78, 5) is 24.6. The van der Waals surface area contributed by atoms with Gasteiger partial charge in [0.25, 0.3) is 5.54 Å². The van der Waals surface area contributed by atoms with Crippen LogP contribution in [0.4, 0.5) is 0 Å². The van der Waals surface area contributed by atoms with Crippen molar-refractivity contribution in [3.63, 3.8) is 0 Å². The molecule has 5 nitrogen and oxygen atoms in total. The van der Waals surface area contributed by atoms with Gasteiger partial charge in [-0.3, -0.25) is 14.9 Å². The average Bonchev–Trinajstić information content (AvgIpc) is 3.05. The lowest BCUT2D eigenvalue weighted by Crippen LogP contribution is -2.69. The summed E-state index contributed by atoms with van der Waals surface area (Å²) in [7, 11) is 0. The number of hydrogen-bond donors (Lipinski definition) is 0. The molecule has 0 spiro atoms. The number of nitrogens with zero attached hydrogens (tertiary/aromatic N) is 1. The minimum atomic E-state index is -1.20. The van der Waals surface area contributed by atoms with Crippen LogP contribution in [0.25, 0.3) is 0 Å². The van der Waals surface area contributed by atoms with Crippen LogP contribution in [0.1, 0.15) is 28.7 Å². The number of esters is 1. The smallest absolute Gasteiger partial charge is 0.306 e. The Kier molecular flexibility index (Phi) is 3.23. The highest BCUT2D eigenvalue weighted by Gasteiger charge is 2.74. The predicted octanol–water partition coefficient (Wildman–Crippen LogP) is 3.21. The summed E-state index contributed by atoms with van der Waals surface area (Å²) in [6.45, 7) is -0.134. The van der Waals surface area contributed by atoms with Gasteiger partial charge in [-0.1, -0.05) is 36.4 Å². The third-order valence-corrected chi connectivity index (χ3v) is 6.17. The van der Waals surface area contributed by atoms with Crippen molar-refractivity contribution >= 4 is 17.3 Å². The highest BCUT2D eigenvalue weighted by atomic mass is 32.1. The van der Waals surface area contributed by atoms with Crippen molar-refractivity contribution in [1.82, 2.24) is 0 Å². The van der Waals surface area contributed by atoms with Gasteiger partial charge in [-0.2, -0.15) is 0 Å². The highest BCUT2D eigenvalue weighted by Crippen LogP contribution is 2.64. The molecule has 2 heterocycles. The number of carbonyl (C=O) groups excluding carboxylic acids is 1. The number of carbonyl (C=O) groups is 1. The van der Waals surface area contributed by atoms with Gasteiger partial charge in [-0.25, -0.2) is 0 Å². The predicted molar refractivity (Wildman–Crippen MR) is 85.0 cm³/mol. The zero-order valence-electron chi connectivity index (χ0n) is 12.3. The molecule has 4 rings (SSSR count). The topological polar surface area (TPSA) is 69.4 Å². The second-order valence-electron chi connectivity index (χ2n) is 6.15. The van der Waals surface area contributed by atoms with Gasteiger partial charge < -0.3 is 4.74 Å². The van der Waals surface area contributed by atoms with Gasteiger partial charge in [0.15, 0.2) is 6.61 Å². The number of thiophene rings is 1. The Bertz CT molecular complexity index is 745. The van der Waals surface area contributed by atoms with E-state index in [1.54, 1.807) is 11.3 Å². The molecule has 2 aliphatic rings. The maximum Gasteiger partial charge on any atom is 0.306 e. The van der Waals surface area contributed by atoms with Crippen LogP contribution in [0.5, 0.6) is 0 Å². The number of benzene rings is 1. The van der Waals surface area contributed by atoms with Crippen molar-refractivity contribution in [3.8, 4) is 0 Å². The first-order valence-electron chi connectivity index (χ1n) is 7.53. The first-order chi connectivity index (χ1) is 11.1. The van der Waals surface area contributed by atoms with E-state index in [1.165, 1.54) is 0 Å². The second-order valence-corrected chi connectivity index (χ2v) is 7.13. The van der Waals surface area contributed by atoms with Gasteiger partial charge >= 0.3 is 5.97 Å². The molecular formula is C17H15NO4S. The van der Waals surface area contributed by atoms with Crippen LogP contribution in [-0.2, 0) is 9.53 Å². The van der Waals surface area contributed by atoms with E-state index in [9.17, 15) is 14.9 Å². The minimum absolute atomic E-state index is 0.00403. The molecule has 1 aromatic carbocycles. The summed E-state index contributed by atoms with van der Waals surface area (Å²) in [5, 5.41) is 13.9. The van der Waals surface area contributed by atoms with E-state index in [0.29, 0.717) is 0 Å². The zero-order valence-corrected chi connectivity index (χ0v) is 13.1. The van der Waals surface area contributed by atoms with E-state index >= 15 is 0 Å². The molecule has 2 fully saturated rings. The van der Waals surface area contributed by atoms with Crippen molar-refractivity contribution < 1.29 is 14.5 Å². The van der Waals surface area contributed by atoms with Crippen molar-refractivity contribution in [2.45, 2.75) is 23.8 Å². The lowest BCUT2D eigenvalue weighted by molar-refractivity contribution is -0.612. The van der Waals surface area contributed by atoms with Gasteiger partial charge in [0, 0.05) is 15.7 Å². The molecule has 0 unspecified atom stereocenters. The Labute approximate surface area is 137 Å². The molecule has 4 atom stereocenters. The molecule has 6 heteroatoms. The minimum Gasteiger partial charge on any atom is -0.458 e. The van der Waals surface area contributed by atoms with E-state index in [1.807, 2.05) is 47.8 Å². The number of cyclic esters (lactones) is 1. The van der Waals surface area contributed by atoms with Gasteiger partial charge in [-0.05, 0) is 17.0 Å². The summed E-state index contributed by atoms with van der Waals surface area (Å²) in [5.74, 6) is -0.908. The molecule has 1 saturated carbocycles. The van der Waals surface area contributed by atoms with Gasteiger partial charge in [0.05, 0.1) is 18.3 Å². The summed E-state index contributed by atoms with van der Waals surface area (Å²) < 4.78 is 5.12. The van der Waals surface area contributed by atoms with Crippen LogP contribution < -0.4 is 0 Å². The Morgan fingerprint density at radius 2 is 2.00 bits per heavy atom. The van der Waals surface area contributed by atoms with E-state index in [2.05, 4.69) is 0 Å². The Balaban J connectivity index is 1.84. The van der Waals surface area contributed by atoms with Crippen LogP contribution >= 0.6 is 11.3 Å². The van der Waals surface area contributed by atoms with E-state index in [4.69, 9.17) is 4.74 Å². The molecule has 1 aromatic heterocycles. The summed E-state index contributed by atoms with van der Waals surface area (Å²) in [5.41, 5.74) is -0.263. The summed E-state index contributed by atoms with van der Waals surface area (Å²) >= 11 is 1.60. The fourth-order valence-electron chi connectivity index (χ4n) is 4.20. The average molecular weight is 329 g/mol. The quantitative estimate of drug-likeness (QED) is 0.492. The molecule has 1 aliphatic carbocycles. The molecule has 118 valence electrons. The van der Waals surface area contributed by atoms with Crippen LogP contribution in [-0.4, -0.2) is 23.0 Å². The monoisotopic (exact) mass is 329 g/mol. The third kappa shape index (κ3) is 1.94. The lowest BCUT2D eigenvalue weighted by Gasteiger charge is -2.55. The fraction of sp³-hybridized carbons (Fsp3) is 0.353. The van der Waals surface area contributed by atoms with Crippen molar-refractivity contribution in [3.05, 3.63) is 68.4 Å². The maximum absolute atomic E-state index is 12.0. The molecular weight excluding hydrogens is 314 g/mol. The van der Waals surface area contributed by atoms with Crippen LogP contribution in [0.15, 0.2) is 47.8 Å². The van der Waals surface area contributed by atoms with Crippen LogP contribution in [0, 0.1) is 16.0 Å². The molecule has 1 aliphatic heterocycles. The molecule has 0 amide bonds. The number of rotatable bonds is 3. The first-order valence-corrected chi connectivity index (χ1v) is 8.41. The van der Waals surface area contributed by atoms with Gasteiger partial charge in [-0.15, -0.1) is 11.3 Å². The van der Waals surface area contributed by atoms with Gasteiger partial charge in [0.2, 0.25) is 0 Å². The van der Waals surface area contributed by atoms with E-state index < -0.39 is 5.54 Å². The lowest BCUT2D eigenvalue weighted by atomic mass is 9.48. The fourth-order valence-corrected chi connectivity index (χ4v) is 5.13. The number of hydrogen-bond acceptors (Lipinski definition) is 5. The SMILES string of the molecule is O=C1C[C@H]2[C@H](c3cccs3)[C@@H](c3ccccc3)[C@@]2([N+](=O)[O-])CO1. The van der Waals surface area contributed by atoms with E-state index in [0.717, 1.165) is 10.4 Å². The highest BCUT2D eigenvalue weighted by molar-refractivity contribution is 7.10. The Hall–Kier alpha value is -2.21. The number of fused-ring (bicyclic) bond motifs is 1. The van der Waals surface area contributed by atoms with Crippen LogP contribution in [0.3, 0.4) is 0 Å². The van der Waals surface area contributed by atoms with Gasteiger partial charge in [0.1, 0.15) is 0 Å². The van der Waals surface area contributed by atoms with Crippen molar-refractivity contribution in [2.24, 2.45) is 5.92 Å². The first kappa shape index (κ1) is 14.4. The standard InChI is InChI=1S/C17H15NO4S/c19-14-9-12-15(13-7-4-8-23-13)16(11-5-2-1-3-6-11)17(12,10-22-14)18(20)21/h1-8,12,15-16H,9-10H2/t12-,15+,16+,17+/m0/s1. The molecule has 1 saturated heterocycles.